The highest BCUT2D eigenvalue weighted by Gasteiger charge is 2.06. The third kappa shape index (κ3) is 1.70. The molecule has 0 heteroatoms. The van der Waals surface area contributed by atoms with Gasteiger partial charge >= 0.3 is 0 Å². The Kier molecular flexibility index (Phi) is 2.53. The first-order valence-corrected chi connectivity index (χ1v) is 6.81. The summed E-state index contributed by atoms with van der Waals surface area (Å²) in [5.41, 5.74) is 2.56. The molecule has 0 aliphatic carbocycles. The van der Waals surface area contributed by atoms with Gasteiger partial charge in [-0.1, -0.05) is 78.9 Å². The second-order valence-electron chi connectivity index (χ2n) is 4.96. The lowest BCUT2D eigenvalue weighted by atomic mass is 9.94. The molecule has 0 saturated carbocycles. The molecule has 0 amide bonds. The van der Waals surface area contributed by atoms with E-state index in [2.05, 4.69) is 78.9 Å². The van der Waals surface area contributed by atoms with Gasteiger partial charge in [-0.2, -0.15) is 0 Å². The molecule has 0 aliphatic rings. The van der Waals surface area contributed by atoms with Crippen LogP contribution in [-0.2, 0) is 0 Å². The van der Waals surface area contributed by atoms with E-state index in [4.69, 9.17) is 0 Å². The van der Waals surface area contributed by atoms with E-state index in [1.807, 2.05) is 6.07 Å². The highest BCUT2D eigenvalue weighted by atomic mass is 14.1. The molecule has 0 unspecified atom stereocenters. The Morgan fingerprint density at radius 1 is 0.550 bits per heavy atom. The van der Waals surface area contributed by atoms with Gasteiger partial charge in [-0.15, -0.1) is 0 Å². The van der Waals surface area contributed by atoms with Crippen LogP contribution in [0, 0.1) is 6.07 Å². The van der Waals surface area contributed by atoms with Crippen molar-refractivity contribution < 1.29 is 0 Å². The van der Waals surface area contributed by atoms with Crippen LogP contribution in [0.4, 0.5) is 0 Å². The lowest BCUT2D eigenvalue weighted by molar-refractivity contribution is 1.68. The number of hydrogen-bond acceptors (Lipinski definition) is 0. The molecule has 0 bridgehead atoms. The molecule has 0 nitrogen and oxygen atoms in total. The van der Waals surface area contributed by atoms with Crippen molar-refractivity contribution in [1.29, 1.82) is 0 Å². The van der Waals surface area contributed by atoms with Crippen LogP contribution in [-0.4, -0.2) is 0 Å². The molecular weight excluding hydrogens is 240 g/mol. The summed E-state index contributed by atoms with van der Waals surface area (Å²) in [6.45, 7) is 0. The van der Waals surface area contributed by atoms with E-state index in [-0.39, 0.29) is 0 Å². The predicted octanol–water partition coefficient (Wildman–Crippen LogP) is 5.46. The zero-order valence-corrected chi connectivity index (χ0v) is 11.0. The summed E-state index contributed by atoms with van der Waals surface area (Å²) in [5.74, 6) is 0. The number of hydrogen-bond donors (Lipinski definition) is 0. The molecule has 20 heavy (non-hydrogen) atoms. The molecule has 0 heterocycles. The van der Waals surface area contributed by atoms with Crippen molar-refractivity contribution in [3.8, 4) is 11.1 Å². The van der Waals surface area contributed by atoms with Crippen molar-refractivity contribution in [2.75, 3.05) is 0 Å². The molecule has 0 atom stereocenters. The third-order valence-electron chi connectivity index (χ3n) is 3.79. The van der Waals surface area contributed by atoms with Gasteiger partial charge in [-0.3, -0.25) is 0 Å². The average molecular weight is 253 g/mol. The van der Waals surface area contributed by atoms with Crippen molar-refractivity contribution >= 4 is 21.5 Å². The van der Waals surface area contributed by atoms with Crippen molar-refractivity contribution in [2.45, 2.75) is 0 Å². The first-order valence-electron chi connectivity index (χ1n) is 6.81. The van der Waals surface area contributed by atoms with Crippen LogP contribution in [0.1, 0.15) is 0 Å². The van der Waals surface area contributed by atoms with Crippen molar-refractivity contribution in [3.63, 3.8) is 0 Å². The number of benzene rings is 4. The molecule has 0 aliphatic heterocycles. The Hall–Kier alpha value is -2.60. The Bertz CT molecular complexity index is 816. The van der Waals surface area contributed by atoms with Gasteiger partial charge in [0.15, 0.2) is 0 Å². The molecule has 4 rings (SSSR count). The van der Waals surface area contributed by atoms with Crippen LogP contribution in [0.3, 0.4) is 0 Å². The summed E-state index contributed by atoms with van der Waals surface area (Å²) in [6, 6.07) is 30.9. The summed E-state index contributed by atoms with van der Waals surface area (Å²) in [6.07, 6.45) is 0. The number of rotatable bonds is 1. The first-order chi connectivity index (χ1) is 9.93. The lowest BCUT2D eigenvalue weighted by Gasteiger charge is -2.10. The van der Waals surface area contributed by atoms with Gasteiger partial charge in [0.1, 0.15) is 0 Å². The quantitative estimate of drug-likeness (QED) is 0.422. The Morgan fingerprint density at radius 2 is 1.25 bits per heavy atom. The minimum absolute atomic E-state index is 1.16. The van der Waals surface area contributed by atoms with Crippen molar-refractivity contribution in [2.24, 2.45) is 0 Å². The summed E-state index contributed by atoms with van der Waals surface area (Å²) in [7, 11) is 0. The van der Waals surface area contributed by atoms with E-state index >= 15 is 0 Å². The number of fused-ring (bicyclic) bond motifs is 2. The van der Waals surface area contributed by atoms with Crippen LogP contribution in [0.5, 0.6) is 0 Å². The molecule has 4 aromatic rings. The normalized spacial score (nSPS) is 11.0. The van der Waals surface area contributed by atoms with Crippen LogP contribution in [0.2, 0.25) is 0 Å². The van der Waals surface area contributed by atoms with Crippen molar-refractivity contribution in [1.82, 2.24) is 0 Å². The summed E-state index contributed by atoms with van der Waals surface area (Å²) in [5, 5.41) is 5.00. The zero-order valence-electron chi connectivity index (χ0n) is 11.0. The largest absolute Gasteiger partial charge is 0.0616 e. The van der Waals surface area contributed by atoms with Gasteiger partial charge in [0.25, 0.3) is 0 Å². The molecule has 0 fully saturated rings. The standard InChI is InChI=1S/C20H13/c1-3-11-17-15(7-1)9-5-13-19(17)20-14-6-10-16-8-2-4-12-18(16)20/h1-9,11-14H. The van der Waals surface area contributed by atoms with E-state index in [0.717, 1.165) is 5.39 Å². The van der Waals surface area contributed by atoms with Gasteiger partial charge in [0, 0.05) is 0 Å². The minimum atomic E-state index is 1.16. The lowest BCUT2D eigenvalue weighted by Crippen LogP contribution is -1.83. The molecule has 0 aromatic heterocycles. The molecule has 0 saturated heterocycles. The van der Waals surface area contributed by atoms with Gasteiger partial charge in [0.05, 0.1) is 0 Å². The third-order valence-corrected chi connectivity index (χ3v) is 3.79. The van der Waals surface area contributed by atoms with Crippen molar-refractivity contribution in [3.05, 3.63) is 84.9 Å². The van der Waals surface area contributed by atoms with Crippen LogP contribution in [0.15, 0.2) is 78.9 Å². The van der Waals surface area contributed by atoms with E-state index in [1.165, 1.54) is 27.3 Å². The summed E-state index contributed by atoms with van der Waals surface area (Å²) in [4.78, 5) is 0. The first kappa shape index (κ1) is 11.2. The fourth-order valence-corrected chi connectivity index (χ4v) is 2.84. The van der Waals surface area contributed by atoms with Crippen LogP contribution < -0.4 is 0 Å². The maximum Gasteiger partial charge on any atom is -0.00987 e. The van der Waals surface area contributed by atoms with E-state index in [9.17, 15) is 0 Å². The van der Waals surface area contributed by atoms with E-state index < -0.39 is 0 Å². The van der Waals surface area contributed by atoms with E-state index in [0.29, 0.717) is 0 Å². The maximum absolute atomic E-state index is 3.31. The van der Waals surface area contributed by atoms with Gasteiger partial charge in [-0.05, 0) is 38.7 Å². The van der Waals surface area contributed by atoms with E-state index in [1.54, 1.807) is 0 Å². The molecule has 4 aromatic carbocycles. The highest BCUT2D eigenvalue weighted by Crippen LogP contribution is 2.33. The van der Waals surface area contributed by atoms with Crippen LogP contribution in [0.25, 0.3) is 32.7 Å². The SMILES string of the molecule is [c]1ccc(-c2cccc3ccccc23)c2ccccc12. The maximum atomic E-state index is 3.31. The molecule has 1 radical (unpaired) electrons. The second-order valence-corrected chi connectivity index (χ2v) is 4.96. The van der Waals surface area contributed by atoms with Gasteiger partial charge in [-0.25, -0.2) is 0 Å². The molecule has 93 valence electrons. The summed E-state index contributed by atoms with van der Waals surface area (Å²) < 4.78 is 0. The molecular formula is C20H13. The average Bonchev–Trinajstić information content (AvgIpc) is 2.54. The zero-order chi connectivity index (χ0) is 13.4. The van der Waals surface area contributed by atoms with Gasteiger partial charge < -0.3 is 0 Å². The molecule has 0 spiro atoms. The second kappa shape index (κ2) is 4.50. The fourth-order valence-electron chi connectivity index (χ4n) is 2.84. The molecule has 0 N–H and O–H groups in total. The monoisotopic (exact) mass is 253 g/mol. The minimum Gasteiger partial charge on any atom is -0.0616 e. The topological polar surface area (TPSA) is 0 Å². The Balaban J connectivity index is 2.12. The highest BCUT2D eigenvalue weighted by molar-refractivity contribution is 6.05. The van der Waals surface area contributed by atoms with Crippen LogP contribution >= 0.6 is 0 Å². The predicted molar refractivity (Wildman–Crippen MR) is 85.7 cm³/mol. The van der Waals surface area contributed by atoms with Gasteiger partial charge in [0.2, 0.25) is 0 Å². The fraction of sp³-hybridized carbons (Fsp3) is 0. The summed E-state index contributed by atoms with van der Waals surface area (Å²) >= 11 is 0. The Morgan fingerprint density at radius 3 is 2.20 bits per heavy atom. The Labute approximate surface area is 118 Å². The smallest absolute Gasteiger partial charge is 0.00987 e.